The number of hydrogen-bond acceptors (Lipinski definition) is 3. The average Bonchev–Trinajstić information content (AvgIpc) is 2.98. The standard InChI is InChI=1S/C18H23NO4/c1-23-16-4-2-3-13-14(16)9-10-15(13)19-17(20)11-5-7-12(8-6-11)18(21)22/h2-4,11-12,15H,5-10H2,1H3,(H,19,20)(H,21,22). The molecular formula is C18H23NO4. The number of carboxylic acids is 1. The van der Waals surface area contributed by atoms with Gasteiger partial charge in [-0.25, -0.2) is 0 Å². The van der Waals surface area contributed by atoms with E-state index in [1.165, 1.54) is 5.56 Å². The normalized spacial score (nSPS) is 26.4. The van der Waals surface area contributed by atoms with Crippen LogP contribution in [-0.4, -0.2) is 24.1 Å². The van der Waals surface area contributed by atoms with Crippen molar-refractivity contribution in [3.63, 3.8) is 0 Å². The third-order valence-electron chi connectivity index (χ3n) is 5.21. The van der Waals surface area contributed by atoms with Gasteiger partial charge in [-0.1, -0.05) is 12.1 Å². The number of amides is 1. The van der Waals surface area contributed by atoms with Gasteiger partial charge in [-0.3, -0.25) is 9.59 Å². The fraction of sp³-hybridized carbons (Fsp3) is 0.556. The number of carboxylic acid groups (broad SMARTS) is 1. The molecule has 5 heteroatoms. The Hall–Kier alpha value is -2.04. The van der Waals surface area contributed by atoms with Gasteiger partial charge in [-0.05, 0) is 55.7 Å². The van der Waals surface area contributed by atoms with E-state index in [0.29, 0.717) is 25.7 Å². The van der Waals surface area contributed by atoms with Crippen molar-refractivity contribution < 1.29 is 19.4 Å². The molecule has 1 fully saturated rings. The van der Waals surface area contributed by atoms with Crippen molar-refractivity contribution in [2.24, 2.45) is 11.8 Å². The molecule has 3 rings (SSSR count). The Morgan fingerprint density at radius 3 is 2.48 bits per heavy atom. The first-order valence-corrected chi connectivity index (χ1v) is 8.29. The zero-order valence-corrected chi connectivity index (χ0v) is 13.4. The SMILES string of the molecule is COc1cccc2c1CCC2NC(=O)C1CCC(C(=O)O)CC1. The van der Waals surface area contributed by atoms with Crippen LogP contribution in [0.15, 0.2) is 18.2 Å². The quantitative estimate of drug-likeness (QED) is 0.895. The molecule has 2 aliphatic carbocycles. The first kappa shape index (κ1) is 15.8. The van der Waals surface area contributed by atoms with Crippen molar-refractivity contribution in [3.8, 4) is 5.75 Å². The molecule has 0 aromatic heterocycles. The summed E-state index contributed by atoms with van der Waals surface area (Å²) >= 11 is 0. The third kappa shape index (κ3) is 3.19. The van der Waals surface area contributed by atoms with Crippen LogP contribution in [-0.2, 0) is 16.0 Å². The van der Waals surface area contributed by atoms with Gasteiger partial charge >= 0.3 is 5.97 Å². The number of benzene rings is 1. The molecular weight excluding hydrogens is 294 g/mol. The Labute approximate surface area is 136 Å². The summed E-state index contributed by atoms with van der Waals surface area (Å²) in [5, 5.41) is 12.2. The fourth-order valence-electron chi connectivity index (χ4n) is 3.85. The lowest BCUT2D eigenvalue weighted by molar-refractivity contribution is -0.144. The van der Waals surface area contributed by atoms with E-state index in [1.807, 2.05) is 12.1 Å². The first-order chi connectivity index (χ1) is 11.1. The molecule has 1 unspecified atom stereocenters. The number of fused-ring (bicyclic) bond motifs is 1. The molecule has 2 aliphatic rings. The lowest BCUT2D eigenvalue weighted by atomic mass is 9.81. The molecule has 23 heavy (non-hydrogen) atoms. The largest absolute Gasteiger partial charge is 0.496 e. The summed E-state index contributed by atoms with van der Waals surface area (Å²) in [4.78, 5) is 23.5. The molecule has 0 heterocycles. The zero-order valence-electron chi connectivity index (χ0n) is 13.4. The maximum atomic E-state index is 12.5. The monoisotopic (exact) mass is 317 g/mol. The average molecular weight is 317 g/mol. The summed E-state index contributed by atoms with van der Waals surface area (Å²) in [5.74, 6) is -0.118. The first-order valence-electron chi connectivity index (χ1n) is 8.29. The lowest BCUT2D eigenvalue weighted by Gasteiger charge is -2.26. The Bertz CT molecular complexity index is 605. The van der Waals surface area contributed by atoms with Crippen molar-refractivity contribution in [2.75, 3.05) is 7.11 Å². The number of nitrogens with one attached hydrogen (secondary N) is 1. The minimum Gasteiger partial charge on any atom is -0.496 e. The van der Waals surface area contributed by atoms with Gasteiger partial charge in [0.1, 0.15) is 5.75 Å². The lowest BCUT2D eigenvalue weighted by Crippen LogP contribution is -2.36. The van der Waals surface area contributed by atoms with Gasteiger partial charge in [0.05, 0.1) is 19.1 Å². The molecule has 1 amide bonds. The molecule has 124 valence electrons. The minimum absolute atomic E-state index is 0.0461. The zero-order chi connectivity index (χ0) is 16.4. The second-order valence-electron chi connectivity index (χ2n) is 6.51. The van der Waals surface area contributed by atoms with E-state index in [2.05, 4.69) is 11.4 Å². The number of ether oxygens (including phenoxy) is 1. The van der Waals surface area contributed by atoms with E-state index in [1.54, 1.807) is 7.11 Å². The van der Waals surface area contributed by atoms with Crippen LogP contribution < -0.4 is 10.1 Å². The van der Waals surface area contributed by atoms with Crippen molar-refractivity contribution >= 4 is 11.9 Å². The summed E-state index contributed by atoms with van der Waals surface area (Å²) in [5.41, 5.74) is 2.34. The highest BCUT2D eigenvalue weighted by Crippen LogP contribution is 2.37. The molecule has 1 aromatic rings. The highest BCUT2D eigenvalue weighted by atomic mass is 16.5. The predicted molar refractivity (Wildman–Crippen MR) is 85.3 cm³/mol. The molecule has 0 saturated heterocycles. The van der Waals surface area contributed by atoms with Gasteiger partial charge < -0.3 is 15.2 Å². The van der Waals surface area contributed by atoms with Crippen LogP contribution in [0, 0.1) is 11.8 Å². The molecule has 0 bridgehead atoms. The number of rotatable bonds is 4. The summed E-state index contributed by atoms with van der Waals surface area (Å²) in [6.45, 7) is 0. The van der Waals surface area contributed by atoms with Crippen molar-refractivity contribution in [3.05, 3.63) is 29.3 Å². The maximum Gasteiger partial charge on any atom is 0.306 e. The molecule has 1 aromatic carbocycles. The van der Waals surface area contributed by atoms with Crippen LogP contribution in [0.5, 0.6) is 5.75 Å². The third-order valence-corrected chi connectivity index (χ3v) is 5.21. The summed E-state index contributed by atoms with van der Waals surface area (Å²) < 4.78 is 5.39. The minimum atomic E-state index is -0.735. The van der Waals surface area contributed by atoms with E-state index < -0.39 is 5.97 Å². The van der Waals surface area contributed by atoms with Gasteiger partial charge in [0.25, 0.3) is 0 Å². The van der Waals surface area contributed by atoms with Gasteiger partial charge in [0.2, 0.25) is 5.91 Å². The summed E-state index contributed by atoms with van der Waals surface area (Å²) in [6.07, 6.45) is 4.34. The van der Waals surface area contributed by atoms with Crippen LogP contribution in [0.2, 0.25) is 0 Å². The number of carbonyl (C=O) groups excluding carboxylic acids is 1. The summed E-state index contributed by atoms with van der Waals surface area (Å²) in [7, 11) is 1.67. The summed E-state index contributed by atoms with van der Waals surface area (Å²) in [6, 6.07) is 6.01. The predicted octanol–water partition coefficient (Wildman–Crippen LogP) is 2.69. The van der Waals surface area contributed by atoms with E-state index in [4.69, 9.17) is 9.84 Å². The Kier molecular flexibility index (Phi) is 4.55. The molecule has 0 aliphatic heterocycles. The second kappa shape index (κ2) is 6.60. The van der Waals surface area contributed by atoms with Gasteiger partial charge in [-0.15, -0.1) is 0 Å². The highest BCUT2D eigenvalue weighted by Gasteiger charge is 2.32. The number of aliphatic carboxylic acids is 1. The van der Waals surface area contributed by atoms with E-state index in [-0.39, 0.29) is 23.8 Å². The van der Waals surface area contributed by atoms with E-state index in [9.17, 15) is 9.59 Å². The molecule has 0 radical (unpaired) electrons. The van der Waals surface area contributed by atoms with Gasteiger partial charge in [0, 0.05) is 5.92 Å². The number of carbonyl (C=O) groups is 2. The smallest absolute Gasteiger partial charge is 0.306 e. The Balaban J connectivity index is 1.62. The van der Waals surface area contributed by atoms with Crippen molar-refractivity contribution in [1.29, 1.82) is 0 Å². The Morgan fingerprint density at radius 2 is 1.83 bits per heavy atom. The number of hydrogen-bond donors (Lipinski definition) is 2. The van der Waals surface area contributed by atoms with Gasteiger partial charge in [-0.2, -0.15) is 0 Å². The molecule has 1 atom stereocenters. The molecule has 5 nitrogen and oxygen atoms in total. The number of methoxy groups -OCH3 is 1. The van der Waals surface area contributed by atoms with E-state index in [0.717, 1.165) is 24.2 Å². The topological polar surface area (TPSA) is 75.6 Å². The van der Waals surface area contributed by atoms with E-state index >= 15 is 0 Å². The second-order valence-corrected chi connectivity index (χ2v) is 6.51. The van der Waals surface area contributed by atoms with Crippen LogP contribution in [0.1, 0.15) is 49.3 Å². The van der Waals surface area contributed by atoms with Crippen molar-refractivity contribution in [2.45, 2.75) is 44.6 Å². The van der Waals surface area contributed by atoms with Crippen molar-refractivity contribution in [1.82, 2.24) is 5.32 Å². The van der Waals surface area contributed by atoms with Crippen LogP contribution >= 0.6 is 0 Å². The van der Waals surface area contributed by atoms with Gasteiger partial charge in [0.15, 0.2) is 0 Å². The van der Waals surface area contributed by atoms with Crippen LogP contribution in [0.25, 0.3) is 0 Å². The molecule has 1 saturated carbocycles. The molecule has 0 spiro atoms. The highest BCUT2D eigenvalue weighted by molar-refractivity contribution is 5.80. The fourth-order valence-corrected chi connectivity index (χ4v) is 3.85. The maximum absolute atomic E-state index is 12.5. The van der Waals surface area contributed by atoms with Crippen LogP contribution in [0.3, 0.4) is 0 Å². The Morgan fingerprint density at radius 1 is 1.13 bits per heavy atom. The van der Waals surface area contributed by atoms with Crippen LogP contribution in [0.4, 0.5) is 0 Å². The molecule has 2 N–H and O–H groups in total.